The quantitative estimate of drug-likeness (QED) is 0.739. The number of nitrogens with one attached hydrogen (secondary N) is 1. The molecule has 0 saturated carbocycles. The van der Waals surface area contributed by atoms with E-state index in [1.54, 1.807) is 24.6 Å². The fourth-order valence-corrected chi connectivity index (χ4v) is 2.97. The van der Waals surface area contributed by atoms with Crippen molar-refractivity contribution < 1.29 is 4.74 Å². The van der Waals surface area contributed by atoms with Crippen LogP contribution in [0.3, 0.4) is 0 Å². The Labute approximate surface area is 139 Å². The smallest absolute Gasteiger partial charge is 0.183 e. The molecule has 0 aliphatic carbocycles. The van der Waals surface area contributed by atoms with E-state index < -0.39 is 0 Å². The molecule has 3 rings (SSSR count). The Morgan fingerprint density at radius 1 is 1.17 bits per heavy atom. The summed E-state index contributed by atoms with van der Waals surface area (Å²) in [4.78, 5) is 14.4. The molecule has 2 aromatic heterocycles. The maximum absolute atomic E-state index is 5.39. The molecule has 0 radical (unpaired) electrons. The highest BCUT2D eigenvalue weighted by molar-refractivity contribution is 7.18. The van der Waals surface area contributed by atoms with Crippen LogP contribution in [-0.4, -0.2) is 28.6 Å². The van der Waals surface area contributed by atoms with Crippen molar-refractivity contribution in [1.82, 2.24) is 15.0 Å². The summed E-state index contributed by atoms with van der Waals surface area (Å²) in [5.41, 5.74) is 1.74. The number of ether oxygens (including phenoxy) is 1. The van der Waals surface area contributed by atoms with Crippen LogP contribution in [0.25, 0.3) is 22.0 Å². The first-order valence-electron chi connectivity index (χ1n) is 7.48. The van der Waals surface area contributed by atoms with Crippen molar-refractivity contribution >= 4 is 16.5 Å². The number of hydrogen-bond acceptors (Lipinski definition) is 6. The number of benzene rings is 1. The molecule has 5 nitrogen and oxygen atoms in total. The normalized spacial score (nSPS) is 10.5. The van der Waals surface area contributed by atoms with Gasteiger partial charge in [-0.1, -0.05) is 30.4 Å². The molecule has 0 aliphatic heterocycles. The highest BCUT2D eigenvalue weighted by Gasteiger charge is 2.11. The van der Waals surface area contributed by atoms with Gasteiger partial charge >= 0.3 is 0 Å². The second kappa shape index (κ2) is 7.19. The van der Waals surface area contributed by atoms with Crippen LogP contribution in [-0.2, 0) is 0 Å². The zero-order valence-corrected chi connectivity index (χ0v) is 13.9. The number of methoxy groups -OCH3 is 1. The molecule has 2 heterocycles. The van der Waals surface area contributed by atoms with Gasteiger partial charge in [0.15, 0.2) is 11.0 Å². The summed E-state index contributed by atoms with van der Waals surface area (Å²) in [6.07, 6.45) is 4.68. The second-order valence-corrected chi connectivity index (χ2v) is 5.95. The lowest BCUT2D eigenvalue weighted by molar-refractivity contribution is 0.416. The standard InChI is InChI=1S/C17H18N4OS/c1-3-9-19-17-20-11-15(23-17)13-8-10-18-16(21-13)12-6-4-5-7-14(12)22-2/h4-8,10-11H,3,9H2,1-2H3,(H,19,20). The van der Waals surface area contributed by atoms with Crippen LogP contribution < -0.4 is 10.1 Å². The third-order valence-electron chi connectivity index (χ3n) is 3.29. The minimum Gasteiger partial charge on any atom is -0.496 e. The minimum atomic E-state index is 0.649. The number of para-hydroxylation sites is 1. The van der Waals surface area contributed by atoms with Gasteiger partial charge in [-0.3, -0.25) is 0 Å². The first-order chi connectivity index (χ1) is 11.3. The number of hydrogen-bond donors (Lipinski definition) is 1. The van der Waals surface area contributed by atoms with Crippen molar-refractivity contribution in [2.24, 2.45) is 0 Å². The first-order valence-corrected chi connectivity index (χ1v) is 8.30. The van der Waals surface area contributed by atoms with Crippen LogP contribution in [0.5, 0.6) is 5.75 Å². The largest absolute Gasteiger partial charge is 0.496 e. The highest BCUT2D eigenvalue weighted by Crippen LogP contribution is 2.31. The molecule has 0 spiro atoms. The summed E-state index contributed by atoms with van der Waals surface area (Å²) in [5.74, 6) is 1.41. The molecule has 1 N–H and O–H groups in total. The summed E-state index contributed by atoms with van der Waals surface area (Å²) in [6, 6.07) is 9.65. The van der Waals surface area contributed by atoms with E-state index in [1.165, 1.54) is 0 Å². The molecule has 0 fully saturated rings. The Hall–Kier alpha value is -2.47. The van der Waals surface area contributed by atoms with Gasteiger partial charge in [-0.25, -0.2) is 15.0 Å². The van der Waals surface area contributed by atoms with Crippen LogP contribution in [0, 0.1) is 0 Å². The Morgan fingerprint density at radius 2 is 2.04 bits per heavy atom. The Kier molecular flexibility index (Phi) is 4.83. The average Bonchev–Trinajstić information content (AvgIpc) is 3.09. The molecule has 0 amide bonds. The molecule has 0 bridgehead atoms. The van der Waals surface area contributed by atoms with E-state index in [0.717, 1.165) is 40.0 Å². The van der Waals surface area contributed by atoms with Gasteiger partial charge in [-0.2, -0.15) is 0 Å². The third kappa shape index (κ3) is 3.48. The van der Waals surface area contributed by atoms with Gasteiger partial charge in [-0.15, -0.1) is 0 Å². The summed E-state index contributed by atoms with van der Waals surface area (Å²) in [6.45, 7) is 3.05. The van der Waals surface area contributed by atoms with Crippen LogP contribution in [0.1, 0.15) is 13.3 Å². The van der Waals surface area contributed by atoms with Crippen LogP contribution in [0.2, 0.25) is 0 Å². The van der Waals surface area contributed by atoms with E-state index in [-0.39, 0.29) is 0 Å². The molecule has 118 valence electrons. The number of nitrogens with zero attached hydrogens (tertiary/aromatic N) is 3. The Morgan fingerprint density at radius 3 is 2.87 bits per heavy atom. The molecule has 3 aromatic rings. The molecular formula is C17H18N4OS. The number of anilines is 1. The Balaban J connectivity index is 1.92. The van der Waals surface area contributed by atoms with Crippen molar-refractivity contribution in [2.75, 3.05) is 19.0 Å². The third-order valence-corrected chi connectivity index (χ3v) is 4.27. The van der Waals surface area contributed by atoms with E-state index in [0.29, 0.717) is 5.82 Å². The topological polar surface area (TPSA) is 59.9 Å². The fraction of sp³-hybridized carbons (Fsp3) is 0.235. The molecule has 23 heavy (non-hydrogen) atoms. The van der Waals surface area contributed by atoms with Gasteiger partial charge in [0, 0.05) is 18.9 Å². The van der Waals surface area contributed by atoms with E-state index in [2.05, 4.69) is 27.2 Å². The predicted molar refractivity (Wildman–Crippen MR) is 93.9 cm³/mol. The van der Waals surface area contributed by atoms with E-state index in [9.17, 15) is 0 Å². The maximum Gasteiger partial charge on any atom is 0.183 e. The molecule has 0 aliphatic rings. The highest BCUT2D eigenvalue weighted by atomic mass is 32.1. The lowest BCUT2D eigenvalue weighted by Gasteiger charge is -2.07. The molecule has 0 atom stereocenters. The lowest BCUT2D eigenvalue weighted by Crippen LogP contribution is -1.97. The van der Waals surface area contributed by atoms with Crippen molar-refractivity contribution in [2.45, 2.75) is 13.3 Å². The van der Waals surface area contributed by atoms with Gasteiger partial charge in [0.05, 0.1) is 23.2 Å². The zero-order chi connectivity index (χ0) is 16.1. The summed E-state index contributed by atoms with van der Waals surface area (Å²) < 4.78 is 5.39. The van der Waals surface area contributed by atoms with Gasteiger partial charge < -0.3 is 10.1 Å². The molecule has 6 heteroatoms. The molecular weight excluding hydrogens is 308 g/mol. The van der Waals surface area contributed by atoms with Crippen molar-refractivity contribution in [1.29, 1.82) is 0 Å². The predicted octanol–water partition coefficient (Wildman–Crippen LogP) is 4.10. The second-order valence-electron chi connectivity index (χ2n) is 4.92. The fourth-order valence-electron chi connectivity index (χ4n) is 2.16. The first kappa shape index (κ1) is 15.4. The van der Waals surface area contributed by atoms with Gasteiger partial charge in [0.2, 0.25) is 0 Å². The molecule has 1 aromatic carbocycles. The van der Waals surface area contributed by atoms with E-state index in [1.807, 2.05) is 36.5 Å². The van der Waals surface area contributed by atoms with Gasteiger partial charge in [0.1, 0.15) is 5.75 Å². The van der Waals surface area contributed by atoms with E-state index >= 15 is 0 Å². The van der Waals surface area contributed by atoms with Gasteiger partial charge in [0.25, 0.3) is 0 Å². The Bertz CT molecular complexity index is 788. The van der Waals surface area contributed by atoms with Crippen LogP contribution in [0.15, 0.2) is 42.7 Å². The number of thiazole rings is 1. The summed E-state index contributed by atoms with van der Waals surface area (Å²) in [7, 11) is 1.65. The zero-order valence-electron chi connectivity index (χ0n) is 13.1. The minimum absolute atomic E-state index is 0.649. The maximum atomic E-state index is 5.39. The number of aromatic nitrogens is 3. The average molecular weight is 326 g/mol. The SMILES string of the molecule is CCCNc1ncc(-c2ccnc(-c3ccccc3OC)n2)s1. The van der Waals surface area contributed by atoms with E-state index in [4.69, 9.17) is 4.74 Å². The monoisotopic (exact) mass is 326 g/mol. The lowest BCUT2D eigenvalue weighted by atomic mass is 10.2. The van der Waals surface area contributed by atoms with Crippen molar-refractivity contribution in [3.63, 3.8) is 0 Å². The van der Waals surface area contributed by atoms with Crippen LogP contribution >= 0.6 is 11.3 Å². The summed E-state index contributed by atoms with van der Waals surface area (Å²) >= 11 is 1.60. The van der Waals surface area contributed by atoms with Crippen LogP contribution in [0.4, 0.5) is 5.13 Å². The molecule has 0 saturated heterocycles. The number of rotatable bonds is 6. The van der Waals surface area contributed by atoms with Crippen molar-refractivity contribution in [3.05, 3.63) is 42.7 Å². The summed E-state index contributed by atoms with van der Waals surface area (Å²) in [5, 5.41) is 4.21. The van der Waals surface area contributed by atoms with Gasteiger partial charge in [-0.05, 0) is 24.6 Å². The van der Waals surface area contributed by atoms with Crippen molar-refractivity contribution in [3.8, 4) is 27.7 Å². The molecule has 0 unspecified atom stereocenters.